The second-order valence-corrected chi connectivity index (χ2v) is 6.07. The Morgan fingerprint density at radius 3 is 2.83 bits per heavy atom. The van der Waals surface area contributed by atoms with Gasteiger partial charge < -0.3 is 10.4 Å². The first-order valence-electron chi connectivity index (χ1n) is 7.40. The van der Waals surface area contributed by atoms with Crippen molar-refractivity contribution in [1.29, 1.82) is 0 Å². The molecule has 1 saturated heterocycles. The van der Waals surface area contributed by atoms with Gasteiger partial charge in [0.2, 0.25) is 5.91 Å². The summed E-state index contributed by atoms with van der Waals surface area (Å²) in [5.74, 6) is 0.0577. The Balaban J connectivity index is 1.69. The summed E-state index contributed by atoms with van der Waals surface area (Å²) in [6.07, 6.45) is 0.535. The lowest BCUT2D eigenvalue weighted by molar-refractivity contribution is -0.117. The number of phenolic OH excluding ortho intramolecular Hbond substituents is 1. The predicted molar refractivity (Wildman–Crippen MR) is 90.3 cm³/mol. The fourth-order valence-electron chi connectivity index (χ4n) is 2.67. The molecule has 23 heavy (non-hydrogen) atoms. The Morgan fingerprint density at radius 1 is 1.26 bits per heavy atom. The average molecular weight is 332 g/mol. The number of hydrogen-bond acceptors (Lipinski definition) is 4. The molecule has 1 heterocycles. The van der Waals surface area contributed by atoms with Crippen molar-refractivity contribution in [3.8, 4) is 5.75 Å². The van der Waals surface area contributed by atoms with Crippen LogP contribution in [0.1, 0.15) is 23.6 Å². The molecule has 2 aromatic carbocycles. The molecule has 3 rings (SSSR count). The molecule has 0 bridgehead atoms. The zero-order valence-corrected chi connectivity index (χ0v) is 13.4. The number of hydrazine groups is 1. The Kier molecular flexibility index (Phi) is 4.52. The molecule has 120 valence electrons. The smallest absolute Gasteiger partial charge is 0.242 e. The monoisotopic (exact) mass is 331 g/mol. The summed E-state index contributed by atoms with van der Waals surface area (Å²) < 4.78 is 0. The van der Waals surface area contributed by atoms with E-state index >= 15 is 0 Å². The van der Waals surface area contributed by atoms with Gasteiger partial charge in [-0.3, -0.25) is 4.79 Å². The van der Waals surface area contributed by atoms with Crippen molar-refractivity contribution in [2.24, 2.45) is 0 Å². The van der Waals surface area contributed by atoms with Gasteiger partial charge >= 0.3 is 0 Å². The third-order valence-electron chi connectivity index (χ3n) is 3.91. The van der Waals surface area contributed by atoms with E-state index in [9.17, 15) is 9.90 Å². The van der Waals surface area contributed by atoms with Crippen LogP contribution in [0.5, 0.6) is 5.75 Å². The van der Waals surface area contributed by atoms with Crippen LogP contribution in [0.4, 0.5) is 5.69 Å². The third kappa shape index (κ3) is 3.47. The van der Waals surface area contributed by atoms with E-state index in [1.807, 2.05) is 31.2 Å². The maximum atomic E-state index is 12.4. The van der Waals surface area contributed by atoms with Crippen LogP contribution >= 0.6 is 11.6 Å². The molecule has 2 atom stereocenters. The summed E-state index contributed by atoms with van der Waals surface area (Å²) in [4.78, 5) is 12.4. The van der Waals surface area contributed by atoms with Gasteiger partial charge in [-0.05, 0) is 31.5 Å². The lowest BCUT2D eigenvalue weighted by atomic mass is 9.99. The Labute approximate surface area is 139 Å². The predicted octanol–water partition coefficient (Wildman–Crippen LogP) is 2.90. The van der Waals surface area contributed by atoms with Crippen LogP contribution < -0.4 is 16.2 Å². The first-order valence-corrected chi connectivity index (χ1v) is 7.78. The molecular formula is C17H18ClN3O2. The average Bonchev–Trinajstić information content (AvgIpc) is 3.02. The molecule has 5 nitrogen and oxygen atoms in total. The van der Waals surface area contributed by atoms with Crippen molar-refractivity contribution in [1.82, 2.24) is 10.9 Å². The van der Waals surface area contributed by atoms with E-state index in [1.165, 1.54) is 0 Å². The largest absolute Gasteiger partial charge is 0.508 e. The van der Waals surface area contributed by atoms with Crippen LogP contribution in [-0.4, -0.2) is 17.1 Å². The van der Waals surface area contributed by atoms with Gasteiger partial charge in [0.1, 0.15) is 11.8 Å². The summed E-state index contributed by atoms with van der Waals surface area (Å²) in [6.45, 7) is 1.97. The van der Waals surface area contributed by atoms with Crippen LogP contribution in [0, 0.1) is 6.92 Å². The number of hydrogen-bond donors (Lipinski definition) is 4. The van der Waals surface area contributed by atoms with Crippen LogP contribution in [0.3, 0.4) is 0 Å². The van der Waals surface area contributed by atoms with Gasteiger partial charge in [-0.2, -0.15) is 0 Å². The molecule has 1 fully saturated rings. The molecule has 0 saturated carbocycles. The molecule has 2 unspecified atom stereocenters. The van der Waals surface area contributed by atoms with Crippen LogP contribution in [0.15, 0.2) is 42.5 Å². The van der Waals surface area contributed by atoms with E-state index in [0.717, 1.165) is 11.1 Å². The number of phenols is 1. The van der Waals surface area contributed by atoms with Crippen molar-refractivity contribution in [3.63, 3.8) is 0 Å². The van der Waals surface area contributed by atoms with Gasteiger partial charge in [0, 0.05) is 5.56 Å². The zero-order chi connectivity index (χ0) is 16.4. The van der Waals surface area contributed by atoms with Crippen LogP contribution in [0.2, 0.25) is 5.02 Å². The van der Waals surface area contributed by atoms with Gasteiger partial charge in [0.15, 0.2) is 0 Å². The van der Waals surface area contributed by atoms with E-state index < -0.39 is 6.04 Å². The number of benzene rings is 2. The Hall–Kier alpha value is -2.08. The van der Waals surface area contributed by atoms with Crippen LogP contribution in [-0.2, 0) is 4.79 Å². The molecule has 2 aromatic rings. The lowest BCUT2D eigenvalue weighted by Gasteiger charge is -2.13. The third-order valence-corrected chi connectivity index (χ3v) is 4.24. The molecule has 4 N–H and O–H groups in total. The summed E-state index contributed by atoms with van der Waals surface area (Å²) in [7, 11) is 0. The first-order chi connectivity index (χ1) is 11.0. The lowest BCUT2D eigenvalue weighted by Crippen LogP contribution is -2.39. The molecule has 6 heteroatoms. The second-order valence-electron chi connectivity index (χ2n) is 5.66. The van der Waals surface area contributed by atoms with Crippen molar-refractivity contribution in [2.45, 2.75) is 25.4 Å². The highest BCUT2D eigenvalue weighted by Crippen LogP contribution is 2.30. The summed E-state index contributed by atoms with van der Waals surface area (Å²) in [5.41, 5.74) is 8.47. The van der Waals surface area contributed by atoms with Crippen molar-refractivity contribution >= 4 is 23.2 Å². The number of halogens is 1. The molecule has 1 aliphatic heterocycles. The molecule has 0 aliphatic carbocycles. The molecule has 0 radical (unpaired) electrons. The highest BCUT2D eigenvalue weighted by molar-refractivity contribution is 6.33. The zero-order valence-electron chi connectivity index (χ0n) is 12.6. The minimum Gasteiger partial charge on any atom is -0.508 e. The normalized spacial score (nSPS) is 20.4. The molecule has 1 amide bonds. The number of anilines is 1. The molecule has 0 aromatic heterocycles. The highest BCUT2D eigenvalue weighted by atomic mass is 35.5. The van der Waals surface area contributed by atoms with Gasteiger partial charge in [-0.25, -0.2) is 10.9 Å². The fraction of sp³-hybridized carbons (Fsp3) is 0.235. The van der Waals surface area contributed by atoms with Gasteiger partial charge in [0.25, 0.3) is 0 Å². The second kappa shape index (κ2) is 6.58. The molecule has 0 spiro atoms. The first kappa shape index (κ1) is 15.8. The van der Waals surface area contributed by atoms with Crippen molar-refractivity contribution < 1.29 is 9.90 Å². The number of carbonyl (C=O) groups excluding carboxylic acids is 1. The van der Waals surface area contributed by atoms with Crippen molar-refractivity contribution in [3.05, 3.63) is 58.6 Å². The van der Waals surface area contributed by atoms with E-state index in [4.69, 9.17) is 11.6 Å². The van der Waals surface area contributed by atoms with Crippen LogP contribution in [0.25, 0.3) is 0 Å². The van der Waals surface area contributed by atoms with Gasteiger partial charge in [-0.15, -0.1) is 0 Å². The number of rotatable bonds is 3. The van der Waals surface area contributed by atoms with Gasteiger partial charge in [0.05, 0.1) is 16.8 Å². The minimum atomic E-state index is -0.406. The Morgan fingerprint density at radius 2 is 2.04 bits per heavy atom. The van der Waals surface area contributed by atoms with Crippen molar-refractivity contribution in [2.75, 3.05) is 5.32 Å². The molecular weight excluding hydrogens is 314 g/mol. The fourth-order valence-corrected chi connectivity index (χ4v) is 2.85. The number of nitrogens with one attached hydrogen (secondary N) is 3. The maximum absolute atomic E-state index is 12.4. The highest BCUT2D eigenvalue weighted by Gasteiger charge is 2.31. The quantitative estimate of drug-likeness (QED) is 0.698. The number of carbonyl (C=O) groups is 1. The summed E-state index contributed by atoms with van der Waals surface area (Å²) in [5, 5.41) is 13.3. The van der Waals surface area contributed by atoms with E-state index in [-0.39, 0.29) is 17.7 Å². The molecule has 1 aliphatic rings. The number of aryl methyl sites for hydroxylation is 1. The number of amides is 1. The van der Waals surface area contributed by atoms with E-state index in [1.54, 1.807) is 18.2 Å². The van der Waals surface area contributed by atoms with Gasteiger partial charge in [-0.1, -0.05) is 41.4 Å². The SMILES string of the molecule is Cc1ccc(O)c(C2CC(C(=O)Nc3ccccc3Cl)NN2)c1. The number of aromatic hydroxyl groups is 1. The standard InChI is InChI=1S/C17H18ClN3O2/c1-10-6-7-16(22)11(8-10)14-9-15(21-20-14)17(23)19-13-5-3-2-4-12(13)18/h2-8,14-15,20-22H,9H2,1H3,(H,19,23). The summed E-state index contributed by atoms with van der Waals surface area (Å²) >= 11 is 6.05. The van der Waals surface area contributed by atoms with E-state index in [0.29, 0.717) is 17.1 Å². The van der Waals surface area contributed by atoms with E-state index in [2.05, 4.69) is 16.2 Å². The number of para-hydroxylation sites is 1. The maximum Gasteiger partial charge on any atom is 0.242 e. The topological polar surface area (TPSA) is 73.4 Å². The summed E-state index contributed by atoms with van der Waals surface area (Å²) in [6, 6.07) is 12.0. The minimum absolute atomic E-state index is 0.128. The Bertz CT molecular complexity index is 736.